The van der Waals surface area contributed by atoms with Crippen LogP contribution in [0.25, 0.3) is 0 Å². The predicted octanol–water partition coefficient (Wildman–Crippen LogP) is 5.94. The number of amides is 2. The van der Waals surface area contributed by atoms with E-state index in [2.05, 4.69) is 5.32 Å². The first kappa shape index (κ1) is 30.8. The number of nitrogens with zero attached hydrogens (tertiary/aromatic N) is 2. The third kappa shape index (κ3) is 8.37. The number of carboxylic acid groups (broad SMARTS) is 2. The number of anilines is 2. The van der Waals surface area contributed by atoms with E-state index < -0.39 is 29.9 Å². The van der Waals surface area contributed by atoms with Gasteiger partial charge in [0.05, 0.1) is 0 Å². The van der Waals surface area contributed by atoms with Gasteiger partial charge in [0.1, 0.15) is 5.54 Å². The maximum absolute atomic E-state index is 13.9. The SMILES string of the molecule is O=C(O)CC[C@@](Cc1ccccc1)(C(=O)O)N(Cc1ccccc1)C(=O)Nc1ccc(N(CCCl)CCCl)cc1. The zero-order chi connectivity index (χ0) is 29.0. The molecule has 0 saturated heterocycles. The van der Waals surface area contributed by atoms with Gasteiger partial charge in [-0.2, -0.15) is 0 Å². The van der Waals surface area contributed by atoms with Gasteiger partial charge in [-0.3, -0.25) is 4.79 Å². The van der Waals surface area contributed by atoms with E-state index in [1.54, 1.807) is 60.7 Å². The zero-order valence-corrected chi connectivity index (χ0v) is 23.5. The van der Waals surface area contributed by atoms with Crippen LogP contribution in [-0.4, -0.2) is 63.5 Å². The summed E-state index contributed by atoms with van der Waals surface area (Å²) in [5.41, 5.74) is 0.882. The third-order valence-corrected chi connectivity index (χ3v) is 6.97. The highest BCUT2D eigenvalue weighted by Crippen LogP contribution is 2.31. The minimum atomic E-state index is -1.84. The van der Waals surface area contributed by atoms with Crippen LogP contribution in [0.5, 0.6) is 0 Å². The van der Waals surface area contributed by atoms with Crippen molar-refractivity contribution >= 4 is 52.5 Å². The summed E-state index contributed by atoms with van der Waals surface area (Å²) in [5.74, 6) is -1.57. The first-order valence-corrected chi connectivity index (χ1v) is 13.9. The molecule has 10 heteroatoms. The average Bonchev–Trinajstić information content (AvgIpc) is 2.95. The van der Waals surface area contributed by atoms with Gasteiger partial charge >= 0.3 is 18.0 Å². The predicted molar refractivity (Wildman–Crippen MR) is 158 cm³/mol. The Bertz CT molecular complexity index is 1240. The van der Waals surface area contributed by atoms with E-state index in [4.69, 9.17) is 23.2 Å². The van der Waals surface area contributed by atoms with E-state index in [1.807, 2.05) is 29.2 Å². The highest BCUT2D eigenvalue weighted by atomic mass is 35.5. The number of urea groups is 1. The summed E-state index contributed by atoms with van der Waals surface area (Å²) in [6.45, 7) is 1.17. The summed E-state index contributed by atoms with van der Waals surface area (Å²) in [4.78, 5) is 41.8. The fraction of sp³-hybridized carbons (Fsp3) is 0.300. The van der Waals surface area contributed by atoms with Crippen molar-refractivity contribution in [1.82, 2.24) is 4.90 Å². The van der Waals surface area contributed by atoms with Crippen LogP contribution in [0.1, 0.15) is 24.0 Å². The largest absolute Gasteiger partial charge is 0.481 e. The van der Waals surface area contributed by atoms with Crippen LogP contribution in [0.3, 0.4) is 0 Å². The maximum atomic E-state index is 13.9. The van der Waals surface area contributed by atoms with Gasteiger partial charge in [0.2, 0.25) is 0 Å². The molecule has 0 unspecified atom stereocenters. The molecule has 0 fully saturated rings. The molecule has 3 rings (SSSR count). The van der Waals surface area contributed by atoms with Gasteiger partial charge < -0.3 is 25.3 Å². The van der Waals surface area contributed by atoms with Crippen molar-refractivity contribution in [3.8, 4) is 0 Å². The highest BCUT2D eigenvalue weighted by molar-refractivity contribution is 6.18. The number of hydrogen-bond acceptors (Lipinski definition) is 4. The molecule has 0 aliphatic carbocycles. The molecule has 0 spiro atoms. The second kappa shape index (κ2) is 15.1. The highest BCUT2D eigenvalue weighted by Gasteiger charge is 2.47. The first-order chi connectivity index (χ1) is 19.3. The topological polar surface area (TPSA) is 110 Å². The van der Waals surface area contributed by atoms with Crippen molar-refractivity contribution in [2.75, 3.05) is 35.1 Å². The number of rotatable bonds is 15. The first-order valence-electron chi connectivity index (χ1n) is 12.9. The Morgan fingerprint density at radius 3 is 1.82 bits per heavy atom. The Labute approximate surface area is 244 Å². The van der Waals surface area contributed by atoms with Crippen molar-refractivity contribution in [2.24, 2.45) is 0 Å². The number of carbonyl (C=O) groups excluding carboxylic acids is 1. The minimum Gasteiger partial charge on any atom is -0.481 e. The Hall–Kier alpha value is -3.75. The van der Waals surface area contributed by atoms with E-state index in [9.17, 15) is 24.6 Å². The lowest BCUT2D eigenvalue weighted by Gasteiger charge is -2.41. The smallest absolute Gasteiger partial charge is 0.330 e. The molecule has 1 atom stereocenters. The summed E-state index contributed by atoms with van der Waals surface area (Å²) in [5, 5.41) is 22.9. The van der Waals surface area contributed by atoms with Crippen LogP contribution < -0.4 is 10.2 Å². The number of hydrogen-bond donors (Lipinski definition) is 3. The average molecular weight is 587 g/mol. The quantitative estimate of drug-likeness (QED) is 0.190. The maximum Gasteiger partial charge on any atom is 0.330 e. The standard InChI is InChI=1S/C30H33Cl2N3O5/c31-17-19-34(20-18-32)26-13-11-25(12-14-26)33-29(40)35(22-24-9-5-2-6-10-24)30(28(38)39,16-15-27(36)37)21-23-7-3-1-4-8-23/h1-14H,15-22H2,(H,33,40)(H,36,37)(H,38,39)/t30-/m1/s1. The minimum absolute atomic E-state index is 0.0390. The van der Waals surface area contributed by atoms with Gasteiger partial charge in [-0.15, -0.1) is 23.2 Å². The Balaban J connectivity index is 2.00. The second-order valence-electron chi connectivity index (χ2n) is 9.31. The molecular weight excluding hydrogens is 553 g/mol. The molecule has 3 N–H and O–H groups in total. The van der Waals surface area contributed by atoms with Crippen molar-refractivity contribution in [2.45, 2.75) is 31.3 Å². The normalized spacial score (nSPS) is 12.2. The molecule has 0 bridgehead atoms. The lowest BCUT2D eigenvalue weighted by molar-refractivity contribution is -0.151. The molecule has 3 aromatic rings. The monoisotopic (exact) mass is 585 g/mol. The lowest BCUT2D eigenvalue weighted by Crippen LogP contribution is -2.59. The van der Waals surface area contributed by atoms with Gasteiger partial charge in [0.25, 0.3) is 0 Å². The third-order valence-electron chi connectivity index (χ3n) is 6.63. The number of nitrogens with one attached hydrogen (secondary N) is 1. The van der Waals surface area contributed by atoms with Crippen molar-refractivity contribution in [1.29, 1.82) is 0 Å². The van der Waals surface area contributed by atoms with E-state index in [0.29, 0.717) is 41.7 Å². The summed E-state index contributed by atoms with van der Waals surface area (Å²) < 4.78 is 0. The number of halogens is 2. The van der Waals surface area contributed by atoms with Gasteiger partial charge in [0, 0.05) is 55.6 Å². The molecule has 212 valence electrons. The molecule has 0 radical (unpaired) electrons. The van der Waals surface area contributed by atoms with Crippen molar-refractivity contribution < 1.29 is 24.6 Å². The summed E-state index contributed by atoms with van der Waals surface area (Å²) in [6.07, 6.45) is -0.775. The number of benzene rings is 3. The molecule has 0 aromatic heterocycles. The van der Waals surface area contributed by atoms with E-state index in [0.717, 1.165) is 5.69 Å². The fourth-order valence-corrected chi connectivity index (χ4v) is 4.98. The van der Waals surface area contributed by atoms with Crippen LogP contribution in [0, 0.1) is 0 Å². The molecule has 3 aromatic carbocycles. The lowest BCUT2D eigenvalue weighted by atomic mass is 9.84. The molecular formula is C30H33Cl2N3O5. The van der Waals surface area contributed by atoms with Gasteiger partial charge in [-0.05, 0) is 41.8 Å². The molecule has 0 aliphatic heterocycles. The summed E-state index contributed by atoms with van der Waals surface area (Å²) >= 11 is 11.8. The zero-order valence-electron chi connectivity index (χ0n) is 22.0. The van der Waals surface area contributed by atoms with E-state index >= 15 is 0 Å². The molecule has 0 heterocycles. The second-order valence-corrected chi connectivity index (χ2v) is 10.1. The Kier molecular flexibility index (Phi) is 11.7. The van der Waals surface area contributed by atoms with Crippen LogP contribution in [-0.2, 0) is 22.6 Å². The van der Waals surface area contributed by atoms with Crippen molar-refractivity contribution in [3.63, 3.8) is 0 Å². The Morgan fingerprint density at radius 1 is 0.775 bits per heavy atom. The molecule has 2 amide bonds. The summed E-state index contributed by atoms with van der Waals surface area (Å²) in [6, 6.07) is 24.4. The number of carboxylic acids is 2. The molecule has 40 heavy (non-hydrogen) atoms. The van der Waals surface area contributed by atoms with Gasteiger partial charge in [-0.25, -0.2) is 9.59 Å². The fourth-order valence-electron chi connectivity index (χ4n) is 4.57. The Morgan fingerprint density at radius 2 is 1.32 bits per heavy atom. The van der Waals surface area contributed by atoms with E-state index in [1.165, 1.54) is 4.90 Å². The number of aliphatic carboxylic acids is 2. The van der Waals surface area contributed by atoms with E-state index in [-0.39, 0.29) is 19.4 Å². The van der Waals surface area contributed by atoms with Gasteiger partial charge in [0.15, 0.2) is 0 Å². The number of carbonyl (C=O) groups is 3. The van der Waals surface area contributed by atoms with Crippen LogP contribution in [0.2, 0.25) is 0 Å². The molecule has 8 nitrogen and oxygen atoms in total. The summed E-state index contributed by atoms with van der Waals surface area (Å²) in [7, 11) is 0. The molecule has 0 saturated carbocycles. The number of alkyl halides is 2. The van der Waals surface area contributed by atoms with Crippen LogP contribution in [0.4, 0.5) is 16.2 Å². The molecule has 0 aliphatic rings. The van der Waals surface area contributed by atoms with Crippen LogP contribution in [0.15, 0.2) is 84.9 Å². The van der Waals surface area contributed by atoms with Crippen molar-refractivity contribution in [3.05, 3.63) is 96.1 Å². The van der Waals surface area contributed by atoms with Crippen LogP contribution >= 0.6 is 23.2 Å². The van der Waals surface area contributed by atoms with Gasteiger partial charge in [-0.1, -0.05) is 60.7 Å².